The van der Waals surface area contributed by atoms with Crippen molar-refractivity contribution in [2.24, 2.45) is 5.73 Å². The number of hydrogen-bond donors (Lipinski definition) is 2. The fourth-order valence-corrected chi connectivity index (χ4v) is 3.39. The summed E-state index contributed by atoms with van der Waals surface area (Å²) in [6.07, 6.45) is -5.72. The number of benzene rings is 1. The maximum absolute atomic E-state index is 12.2. The van der Waals surface area contributed by atoms with Crippen molar-refractivity contribution in [2.75, 3.05) is 0 Å². The summed E-state index contributed by atoms with van der Waals surface area (Å²) in [6.45, 7) is 1.23. The maximum atomic E-state index is 12.2. The van der Waals surface area contributed by atoms with Crippen LogP contribution in [0.4, 0.5) is 13.2 Å². The minimum Gasteiger partial charge on any atom is -0.326 e. The highest BCUT2D eigenvalue weighted by atomic mass is 35.5. The average molecular weight is 331 g/mol. The predicted molar refractivity (Wildman–Crippen MR) is 69.8 cm³/mol. The Morgan fingerprint density at radius 2 is 2.00 bits per heavy atom. The Hall–Kier alpha value is -0.830. The minimum atomic E-state index is -4.45. The van der Waals surface area contributed by atoms with Crippen LogP contribution in [0.1, 0.15) is 18.9 Å². The third-order valence-electron chi connectivity index (χ3n) is 2.41. The van der Waals surface area contributed by atoms with Crippen molar-refractivity contribution in [1.29, 1.82) is 0 Å². The lowest BCUT2D eigenvalue weighted by molar-refractivity contribution is -0.137. The zero-order valence-electron chi connectivity index (χ0n) is 10.5. The molecule has 0 bridgehead atoms. The second-order valence-electron chi connectivity index (χ2n) is 4.31. The molecule has 4 nitrogen and oxygen atoms in total. The van der Waals surface area contributed by atoms with Crippen molar-refractivity contribution >= 4 is 21.6 Å². The minimum absolute atomic E-state index is 0.0751. The van der Waals surface area contributed by atoms with E-state index in [-0.39, 0.29) is 16.5 Å². The fourth-order valence-electron chi connectivity index (χ4n) is 1.60. The molecule has 0 aliphatic carbocycles. The molecule has 0 heterocycles. The van der Waals surface area contributed by atoms with Gasteiger partial charge in [-0.15, -0.1) is 0 Å². The van der Waals surface area contributed by atoms with Crippen LogP contribution in [0.25, 0.3) is 0 Å². The summed E-state index contributed by atoms with van der Waals surface area (Å²) in [6, 6.07) is 2.83. The molecule has 1 rings (SSSR count). The van der Waals surface area contributed by atoms with Crippen molar-refractivity contribution in [3.8, 4) is 0 Å². The number of sulfonamides is 1. The van der Waals surface area contributed by atoms with Gasteiger partial charge in [0.1, 0.15) is 4.90 Å². The summed E-state index contributed by atoms with van der Waals surface area (Å²) >= 11 is 5.77. The van der Waals surface area contributed by atoms with Gasteiger partial charge < -0.3 is 5.73 Å². The normalized spacial score (nSPS) is 14.3. The summed E-state index contributed by atoms with van der Waals surface area (Å²) in [5.41, 5.74) is 5.90. The van der Waals surface area contributed by atoms with Gasteiger partial charge in [-0.1, -0.05) is 17.7 Å². The number of nitrogens with one attached hydrogen (secondary N) is 1. The third-order valence-corrected chi connectivity index (χ3v) is 4.49. The number of hydrogen-bond acceptors (Lipinski definition) is 3. The van der Waals surface area contributed by atoms with Gasteiger partial charge in [-0.25, -0.2) is 13.1 Å². The molecule has 1 unspecified atom stereocenters. The Labute approximate surface area is 120 Å². The third kappa shape index (κ3) is 4.93. The first-order valence-electron chi connectivity index (χ1n) is 5.63. The molecule has 0 aliphatic heterocycles. The molecule has 0 saturated carbocycles. The highest BCUT2D eigenvalue weighted by Gasteiger charge is 2.32. The molecule has 0 fully saturated rings. The zero-order valence-corrected chi connectivity index (χ0v) is 12.1. The quantitative estimate of drug-likeness (QED) is 0.871. The fraction of sp³-hybridized carbons (Fsp3) is 0.455. The van der Waals surface area contributed by atoms with E-state index in [1.807, 2.05) is 4.72 Å². The van der Waals surface area contributed by atoms with Gasteiger partial charge in [0, 0.05) is 12.6 Å². The molecular weight excluding hydrogens is 317 g/mol. The van der Waals surface area contributed by atoms with E-state index in [0.29, 0.717) is 5.56 Å². The van der Waals surface area contributed by atoms with Crippen LogP contribution >= 0.6 is 11.6 Å². The first-order valence-corrected chi connectivity index (χ1v) is 7.49. The van der Waals surface area contributed by atoms with Crippen LogP contribution in [0.5, 0.6) is 0 Å². The van der Waals surface area contributed by atoms with E-state index in [2.05, 4.69) is 0 Å². The molecule has 1 aromatic rings. The van der Waals surface area contributed by atoms with E-state index in [9.17, 15) is 21.6 Å². The second-order valence-corrected chi connectivity index (χ2v) is 6.40. The van der Waals surface area contributed by atoms with E-state index in [1.165, 1.54) is 12.1 Å². The summed E-state index contributed by atoms with van der Waals surface area (Å²) < 4.78 is 62.6. The van der Waals surface area contributed by atoms with Crippen molar-refractivity contribution < 1.29 is 21.6 Å². The van der Waals surface area contributed by atoms with Crippen molar-refractivity contribution in [3.63, 3.8) is 0 Å². The van der Waals surface area contributed by atoms with Crippen LogP contribution in [-0.4, -0.2) is 20.6 Å². The van der Waals surface area contributed by atoms with Crippen molar-refractivity contribution in [2.45, 2.75) is 37.0 Å². The molecular formula is C11H14ClF3N2O2S. The molecule has 1 atom stereocenters. The van der Waals surface area contributed by atoms with E-state index >= 15 is 0 Å². The predicted octanol–water partition coefficient (Wildman–Crippen LogP) is 2.42. The number of alkyl halides is 3. The summed E-state index contributed by atoms with van der Waals surface area (Å²) in [7, 11) is -4.13. The summed E-state index contributed by atoms with van der Waals surface area (Å²) in [4.78, 5) is -0.281. The van der Waals surface area contributed by atoms with Gasteiger partial charge in [0.25, 0.3) is 0 Å². The van der Waals surface area contributed by atoms with E-state index in [1.54, 1.807) is 6.07 Å². The summed E-state index contributed by atoms with van der Waals surface area (Å²) in [5.74, 6) is 0. The highest BCUT2D eigenvalue weighted by molar-refractivity contribution is 7.89. The van der Waals surface area contributed by atoms with Crippen LogP contribution in [0, 0.1) is 0 Å². The number of halogens is 4. The van der Waals surface area contributed by atoms with Crippen LogP contribution < -0.4 is 10.5 Å². The van der Waals surface area contributed by atoms with E-state index in [4.69, 9.17) is 17.3 Å². The highest BCUT2D eigenvalue weighted by Crippen LogP contribution is 2.25. The first kappa shape index (κ1) is 17.2. The van der Waals surface area contributed by atoms with Gasteiger partial charge in [0.2, 0.25) is 10.0 Å². The van der Waals surface area contributed by atoms with Gasteiger partial charge in [0.15, 0.2) is 0 Å². The first-order chi connectivity index (χ1) is 9.05. The molecule has 3 N–H and O–H groups in total. The molecule has 0 spiro atoms. The van der Waals surface area contributed by atoms with Crippen molar-refractivity contribution in [1.82, 2.24) is 4.72 Å². The Bertz CT molecular complexity index is 576. The summed E-state index contributed by atoms with van der Waals surface area (Å²) in [5, 5.41) is -0.0751. The SMILES string of the molecule is CC(CC(F)(F)F)NS(=O)(=O)c1cc(CN)ccc1Cl. The van der Waals surface area contributed by atoms with Gasteiger partial charge in [0.05, 0.1) is 11.4 Å². The lowest BCUT2D eigenvalue weighted by atomic mass is 10.2. The molecule has 20 heavy (non-hydrogen) atoms. The molecule has 9 heteroatoms. The Kier molecular flexibility index (Phi) is 5.42. The Morgan fingerprint density at radius 3 is 2.50 bits per heavy atom. The number of rotatable bonds is 5. The largest absolute Gasteiger partial charge is 0.390 e. The van der Waals surface area contributed by atoms with Gasteiger partial charge >= 0.3 is 6.18 Å². The molecule has 0 saturated heterocycles. The maximum Gasteiger partial charge on any atom is 0.390 e. The molecule has 0 aliphatic rings. The lowest BCUT2D eigenvalue weighted by Crippen LogP contribution is -2.36. The Morgan fingerprint density at radius 1 is 1.40 bits per heavy atom. The molecule has 1 aromatic carbocycles. The number of nitrogens with two attached hydrogens (primary N) is 1. The Balaban J connectivity index is 2.99. The average Bonchev–Trinajstić information content (AvgIpc) is 2.25. The topological polar surface area (TPSA) is 72.2 Å². The van der Waals surface area contributed by atoms with E-state index < -0.39 is 28.7 Å². The van der Waals surface area contributed by atoms with Crippen LogP contribution in [0.2, 0.25) is 5.02 Å². The van der Waals surface area contributed by atoms with E-state index in [0.717, 1.165) is 6.92 Å². The van der Waals surface area contributed by atoms with Crippen LogP contribution in [0.3, 0.4) is 0 Å². The van der Waals surface area contributed by atoms with Gasteiger partial charge in [-0.3, -0.25) is 0 Å². The van der Waals surface area contributed by atoms with Crippen LogP contribution in [-0.2, 0) is 16.6 Å². The van der Waals surface area contributed by atoms with Crippen LogP contribution in [0.15, 0.2) is 23.1 Å². The van der Waals surface area contributed by atoms with Gasteiger partial charge in [-0.2, -0.15) is 13.2 Å². The monoisotopic (exact) mass is 330 g/mol. The molecule has 0 amide bonds. The molecule has 114 valence electrons. The second kappa shape index (κ2) is 6.30. The molecule has 0 radical (unpaired) electrons. The van der Waals surface area contributed by atoms with Crippen molar-refractivity contribution in [3.05, 3.63) is 28.8 Å². The standard InChI is InChI=1S/C11H14ClF3N2O2S/c1-7(5-11(13,14)15)17-20(18,19)10-4-8(6-16)2-3-9(10)12/h2-4,7,17H,5-6,16H2,1H3. The lowest BCUT2D eigenvalue weighted by Gasteiger charge is -2.17. The zero-order chi connectivity index (χ0) is 15.6. The smallest absolute Gasteiger partial charge is 0.326 e. The molecule has 0 aromatic heterocycles. The van der Waals surface area contributed by atoms with Gasteiger partial charge in [-0.05, 0) is 24.6 Å².